The minimum Gasteiger partial charge on any atom is -0.454 e. The van der Waals surface area contributed by atoms with Gasteiger partial charge in [0, 0.05) is 25.6 Å². The van der Waals surface area contributed by atoms with Gasteiger partial charge in [-0.1, -0.05) is 6.07 Å². The smallest absolute Gasteiger partial charge is 0.231 e. The van der Waals surface area contributed by atoms with Gasteiger partial charge in [-0.25, -0.2) is 0 Å². The summed E-state index contributed by atoms with van der Waals surface area (Å²) >= 11 is 0. The Balaban J connectivity index is 1.76. The molecule has 0 saturated heterocycles. The molecule has 0 radical (unpaired) electrons. The molecule has 1 aromatic carbocycles. The summed E-state index contributed by atoms with van der Waals surface area (Å²) in [5.41, 5.74) is 1.17. The molecule has 25 heavy (non-hydrogen) atoms. The summed E-state index contributed by atoms with van der Waals surface area (Å²) in [6.07, 6.45) is 1.23. The zero-order valence-electron chi connectivity index (χ0n) is 15.2. The molecule has 0 saturated carbocycles. The normalized spacial score (nSPS) is 13.0. The molecule has 0 aliphatic carbocycles. The van der Waals surface area contributed by atoms with Crippen molar-refractivity contribution in [2.45, 2.75) is 39.7 Å². The van der Waals surface area contributed by atoms with E-state index in [1.807, 2.05) is 39.0 Å². The number of fused-ring (bicyclic) bond motifs is 1. The molecular weight excluding hydrogens is 320 g/mol. The summed E-state index contributed by atoms with van der Waals surface area (Å²) in [5.74, 6) is 2.34. The van der Waals surface area contributed by atoms with E-state index >= 15 is 0 Å². The fourth-order valence-corrected chi connectivity index (χ4v) is 2.43. The number of carbonyl (C=O) groups is 1. The highest BCUT2D eigenvalue weighted by atomic mass is 16.7. The average Bonchev–Trinajstić information content (AvgIpc) is 3.02. The molecular formula is C18H28N4O3. The standard InChI is InChI=1S/C18H28N4O3/c1-4-19-18(21-10-8-17(23)22-13(2)3)20-9-7-14-5-6-15-16(11-14)25-12-24-15/h5-6,11,13H,4,7-10,12H2,1-3H3,(H,22,23)(H2,19,20,21). The monoisotopic (exact) mass is 348 g/mol. The second-order valence-electron chi connectivity index (χ2n) is 6.10. The van der Waals surface area contributed by atoms with Crippen LogP contribution in [0.4, 0.5) is 0 Å². The second kappa shape index (κ2) is 9.76. The first kappa shape index (κ1) is 18.9. The Bertz CT molecular complexity index is 602. The van der Waals surface area contributed by atoms with Gasteiger partial charge in [0.2, 0.25) is 12.7 Å². The first-order valence-electron chi connectivity index (χ1n) is 8.78. The van der Waals surface area contributed by atoms with Gasteiger partial charge in [0.05, 0.1) is 6.54 Å². The van der Waals surface area contributed by atoms with E-state index in [1.54, 1.807) is 0 Å². The predicted molar refractivity (Wildman–Crippen MR) is 98.1 cm³/mol. The van der Waals surface area contributed by atoms with Crippen molar-refractivity contribution < 1.29 is 14.3 Å². The molecule has 0 fully saturated rings. The molecule has 138 valence electrons. The molecule has 0 spiro atoms. The Hall–Kier alpha value is -2.44. The van der Waals surface area contributed by atoms with Crippen LogP contribution in [0.3, 0.4) is 0 Å². The van der Waals surface area contributed by atoms with E-state index in [0.29, 0.717) is 19.8 Å². The summed E-state index contributed by atoms with van der Waals surface area (Å²) in [7, 11) is 0. The second-order valence-corrected chi connectivity index (χ2v) is 6.10. The zero-order chi connectivity index (χ0) is 18.1. The number of guanidine groups is 1. The van der Waals surface area contributed by atoms with Crippen LogP contribution in [0.1, 0.15) is 32.8 Å². The van der Waals surface area contributed by atoms with Crippen LogP contribution in [0.25, 0.3) is 0 Å². The Morgan fingerprint density at radius 3 is 2.80 bits per heavy atom. The Morgan fingerprint density at radius 2 is 2.04 bits per heavy atom. The molecule has 1 aliphatic rings. The molecule has 0 unspecified atom stereocenters. The molecule has 1 amide bonds. The third kappa shape index (κ3) is 6.52. The summed E-state index contributed by atoms with van der Waals surface area (Å²) < 4.78 is 10.7. The van der Waals surface area contributed by atoms with Crippen molar-refractivity contribution in [2.75, 3.05) is 26.4 Å². The van der Waals surface area contributed by atoms with Gasteiger partial charge in [-0.2, -0.15) is 0 Å². The molecule has 3 N–H and O–H groups in total. The zero-order valence-corrected chi connectivity index (χ0v) is 15.2. The van der Waals surface area contributed by atoms with Gasteiger partial charge in [0.15, 0.2) is 17.5 Å². The van der Waals surface area contributed by atoms with Crippen LogP contribution >= 0.6 is 0 Å². The first-order chi connectivity index (χ1) is 12.1. The number of aliphatic imine (C=N–C) groups is 1. The number of hydrogen-bond acceptors (Lipinski definition) is 4. The Labute approximate surface area is 149 Å². The van der Waals surface area contributed by atoms with Crippen LogP contribution in [0.5, 0.6) is 11.5 Å². The number of benzene rings is 1. The van der Waals surface area contributed by atoms with Crippen LogP contribution in [0.2, 0.25) is 0 Å². The summed E-state index contributed by atoms with van der Waals surface area (Å²) in [6.45, 7) is 8.17. The topological polar surface area (TPSA) is 84.0 Å². The maximum absolute atomic E-state index is 11.6. The number of carbonyl (C=O) groups excluding carboxylic acids is 1. The molecule has 1 aromatic rings. The van der Waals surface area contributed by atoms with Gasteiger partial charge >= 0.3 is 0 Å². The van der Waals surface area contributed by atoms with E-state index in [4.69, 9.17) is 9.47 Å². The van der Waals surface area contributed by atoms with E-state index < -0.39 is 0 Å². The molecule has 1 heterocycles. The minimum atomic E-state index is 0.0231. The number of rotatable bonds is 8. The number of nitrogens with one attached hydrogen (secondary N) is 3. The van der Waals surface area contributed by atoms with Gasteiger partial charge in [-0.3, -0.25) is 9.79 Å². The summed E-state index contributed by atoms with van der Waals surface area (Å²) in [6, 6.07) is 6.13. The summed E-state index contributed by atoms with van der Waals surface area (Å²) in [5, 5.41) is 9.34. The van der Waals surface area contributed by atoms with Gasteiger partial charge in [-0.05, 0) is 44.9 Å². The highest BCUT2D eigenvalue weighted by molar-refractivity contribution is 5.80. The van der Waals surface area contributed by atoms with Gasteiger partial charge in [-0.15, -0.1) is 0 Å². The van der Waals surface area contributed by atoms with E-state index in [0.717, 1.165) is 37.0 Å². The van der Waals surface area contributed by atoms with Crippen molar-refractivity contribution in [1.29, 1.82) is 0 Å². The maximum atomic E-state index is 11.6. The van der Waals surface area contributed by atoms with Crippen LogP contribution in [-0.2, 0) is 11.2 Å². The quantitative estimate of drug-likeness (QED) is 0.489. The molecule has 7 heteroatoms. The van der Waals surface area contributed by atoms with Crippen LogP contribution in [0, 0.1) is 0 Å². The largest absolute Gasteiger partial charge is 0.454 e. The minimum absolute atomic E-state index is 0.0231. The van der Waals surface area contributed by atoms with Crippen molar-refractivity contribution in [3.05, 3.63) is 23.8 Å². The Morgan fingerprint density at radius 1 is 1.24 bits per heavy atom. The van der Waals surface area contributed by atoms with Crippen molar-refractivity contribution in [2.24, 2.45) is 4.99 Å². The van der Waals surface area contributed by atoms with Crippen molar-refractivity contribution in [1.82, 2.24) is 16.0 Å². The predicted octanol–water partition coefficient (Wildman–Crippen LogP) is 1.43. The lowest BCUT2D eigenvalue weighted by atomic mass is 10.1. The SMILES string of the molecule is CCNC(=NCCC(=O)NC(C)C)NCCc1ccc2c(c1)OCO2. The molecule has 7 nitrogen and oxygen atoms in total. The number of nitrogens with zero attached hydrogens (tertiary/aromatic N) is 1. The fraction of sp³-hybridized carbons (Fsp3) is 0.556. The third-order valence-electron chi connectivity index (χ3n) is 3.55. The van der Waals surface area contributed by atoms with Crippen molar-refractivity contribution in [3.8, 4) is 11.5 Å². The van der Waals surface area contributed by atoms with Crippen LogP contribution < -0.4 is 25.4 Å². The Kier molecular flexibility index (Phi) is 7.37. The van der Waals surface area contributed by atoms with Gasteiger partial charge in [0.25, 0.3) is 0 Å². The van der Waals surface area contributed by atoms with Crippen molar-refractivity contribution >= 4 is 11.9 Å². The first-order valence-corrected chi connectivity index (χ1v) is 8.78. The highest BCUT2D eigenvalue weighted by Crippen LogP contribution is 2.32. The van der Waals surface area contributed by atoms with Crippen LogP contribution in [0.15, 0.2) is 23.2 Å². The van der Waals surface area contributed by atoms with E-state index in [1.165, 1.54) is 5.56 Å². The molecule has 0 bridgehead atoms. The average molecular weight is 348 g/mol. The lowest BCUT2D eigenvalue weighted by Gasteiger charge is -2.12. The highest BCUT2D eigenvalue weighted by Gasteiger charge is 2.13. The van der Waals surface area contributed by atoms with Gasteiger partial charge in [0.1, 0.15) is 0 Å². The molecule has 0 atom stereocenters. The number of amides is 1. The van der Waals surface area contributed by atoms with E-state index in [9.17, 15) is 4.79 Å². The molecule has 1 aliphatic heterocycles. The molecule has 0 aromatic heterocycles. The number of ether oxygens (including phenoxy) is 2. The van der Waals surface area contributed by atoms with Gasteiger partial charge < -0.3 is 25.4 Å². The summed E-state index contributed by atoms with van der Waals surface area (Å²) in [4.78, 5) is 16.1. The molecule has 2 rings (SSSR count). The van der Waals surface area contributed by atoms with Crippen molar-refractivity contribution in [3.63, 3.8) is 0 Å². The van der Waals surface area contributed by atoms with Crippen LogP contribution in [-0.4, -0.2) is 44.3 Å². The lowest BCUT2D eigenvalue weighted by molar-refractivity contribution is -0.121. The van der Waals surface area contributed by atoms with E-state index in [2.05, 4.69) is 20.9 Å². The lowest BCUT2D eigenvalue weighted by Crippen LogP contribution is -2.38. The maximum Gasteiger partial charge on any atom is 0.231 e. The third-order valence-corrected chi connectivity index (χ3v) is 3.55. The number of hydrogen-bond donors (Lipinski definition) is 3. The fourth-order valence-electron chi connectivity index (χ4n) is 2.43. The van der Waals surface area contributed by atoms with E-state index in [-0.39, 0.29) is 11.9 Å².